The van der Waals surface area contributed by atoms with E-state index in [4.69, 9.17) is 4.74 Å². The first kappa shape index (κ1) is 19.7. The molecule has 0 radical (unpaired) electrons. The Morgan fingerprint density at radius 2 is 2.05 bits per heavy atom. The molecular formula is C13H24O3PoS2. The molecule has 0 bridgehead atoms. The van der Waals surface area contributed by atoms with E-state index in [1.807, 2.05) is 21.6 Å². The van der Waals surface area contributed by atoms with E-state index in [0.717, 1.165) is 37.2 Å². The minimum absolute atomic E-state index is 0.169. The third-order valence-electron chi connectivity index (χ3n) is 2.35. The summed E-state index contributed by atoms with van der Waals surface area (Å²) in [4.78, 5) is 22.4. The summed E-state index contributed by atoms with van der Waals surface area (Å²) in [5, 5.41) is 0.695. The molecule has 0 aromatic carbocycles. The van der Waals surface area contributed by atoms with E-state index in [1.165, 1.54) is 12.8 Å². The molecule has 0 N–H and O–H groups in total. The van der Waals surface area contributed by atoms with Crippen LogP contribution in [0.2, 0.25) is 4.08 Å². The molecule has 0 fully saturated rings. The molecule has 0 aliphatic heterocycles. The van der Waals surface area contributed by atoms with Gasteiger partial charge in [0.15, 0.2) is 0 Å². The number of ketones is 1. The normalized spacial score (nSPS) is 12.2. The summed E-state index contributed by atoms with van der Waals surface area (Å²) >= 11 is 1.06. The Hall–Kier alpha value is 0.736. The van der Waals surface area contributed by atoms with Gasteiger partial charge < -0.3 is 0 Å². The van der Waals surface area contributed by atoms with Crippen molar-refractivity contribution >= 4 is 58.4 Å². The number of hydrogen-bond acceptors (Lipinski definition) is 5. The zero-order chi connectivity index (χ0) is 14.5. The van der Waals surface area contributed by atoms with Gasteiger partial charge in [-0.2, -0.15) is 0 Å². The van der Waals surface area contributed by atoms with Crippen molar-refractivity contribution in [3.05, 3.63) is 0 Å². The van der Waals surface area contributed by atoms with Crippen molar-refractivity contribution in [3.8, 4) is 0 Å². The van der Waals surface area contributed by atoms with Crippen molar-refractivity contribution < 1.29 is 14.3 Å². The zero-order valence-corrected chi connectivity index (χ0v) is 16.8. The molecule has 0 heterocycles. The van der Waals surface area contributed by atoms with Crippen LogP contribution in [0.15, 0.2) is 0 Å². The SMILES string of the molecule is CCCC(C)SSCCCOC(=O)CCC(=O)[CH2][PoH]. The van der Waals surface area contributed by atoms with Crippen LogP contribution in [0.1, 0.15) is 46.0 Å². The number of rotatable bonds is 12. The van der Waals surface area contributed by atoms with Gasteiger partial charge in [-0.3, -0.25) is 0 Å². The summed E-state index contributed by atoms with van der Waals surface area (Å²) in [6.45, 7) is 4.92. The Kier molecular flexibility index (Phi) is 14.2. The third kappa shape index (κ3) is 13.5. The zero-order valence-electron chi connectivity index (χ0n) is 11.7. The first-order valence-electron chi connectivity index (χ1n) is 6.66. The molecule has 1 unspecified atom stereocenters. The number of carbonyl (C=O) groups excluding carboxylic acids is 2. The Morgan fingerprint density at radius 1 is 1.32 bits per heavy atom. The Labute approximate surface area is 139 Å². The van der Waals surface area contributed by atoms with Crippen molar-refractivity contribution in [2.24, 2.45) is 0 Å². The quantitative estimate of drug-likeness (QED) is 0.234. The van der Waals surface area contributed by atoms with Gasteiger partial charge in [0.1, 0.15) is 0 Å². The van der Waals surface area contributed by atoms with Gasteiger partial charge in [0, 0.05) is 0 Å². The minimum atomic E-state index is -0.239. The molecule has 0 aliphatic carbocycles. The summed E-state index contributed by atoms with van der Waals surface area (Å²) in [6, 6.07) is 0. The Balaban J connectivity index is 3.34. The van der Waals surface area contributed by atoms with E-state index in [0.29, 0.717) is 22.4 Å². The van der Waals surface area contributed by atoms with Crippen LogP contribution in [0.4, 0.5) is 0 Å². The second kappa shape index (κ2) is 13.7. The van der Waals surface area contributed by atoms with Crippen LogP contribution >= 0.6 is 21.6 Å². The van der Waals surface area contributed by atoms with Gasteiger partial charge in [-0.1, -0.05) is 20.3 Å². The van der Waals surface area contributed by atoms with E-state index < -0.39 is 0 Å². The van der Waals surface area contributed by atoms with Gasteiger partial charge in [0.05, 0.1) is 0 Å². The van der Waals surface area contributed by atoms with Gasteiger partial charge >= 0.3 is 114 Å². The van der Waals surface area contributed by atoms with Crippen LogP contribution in [0, 0.1) is 0 Å². The summed E-state index contributed by atoms with van der Waals surface area (Å²) in [5.74, 6) is 0.934. The second-order valence-corrected chi connectivity index (χ2v) is 8.44. The molecule has 0 spiro atoms. The fourth-order valence-electron chi connectivity index (χ4n) is 1.32. The van der Waals surface area contributed by atoms with Gasteiger partial charge in [-0.25, -0.2) is 0 Å². The first-order chi connectivity index (χ1) is 9.10. The predicted octanol–water partition coefficient (Wildman–Crippen LogP) is 3.16. The van der Waals surface area contributed by atoms with E-state index in [9.17, 15) is 9.59 Å². The number of carbonyl (C=O) groups is 2. The predicted molar refractivity (Wildman–Crippen MR) is 86.2 cm³/mol. The molecule has 112 valence electrons. The first-order valence-corrected chi connectivity index (χ1v) is 11.5. The summed E-state index contributed by atoms with van der Waals surface area (Å²) < 4.78 is 5.70. The number of ether oxygens (including phenoxy) is 1. The molecule has 6 heteroatoms. The van der Waals surface area contributed by atoms with Crippen molar-refractivity contribution in [2.45, 2.75) is 55.3 Å². The Morgan fingerprint density at radius 3 is 2.68 bits per heavy atom. The molecule has 0 rings (SSSR count). The van der Waals surface area contributed by atoms with Gasteiger partial charge in [0.2, 0.25) is 0 Å². The Bertz CT molecular complexity index is 262. The average molecular weight is 501 g/mol. The molecule has 0 aromatic heterocycles. The topological polar surface area (TPSA) is 43.4 Å². The van der Waals surface area contributed by atoms with Gasteiger partial charge in [-0.15, -0.1) is 0 Å². The molecule has 0 saturated carbocycles. The third-order valence-corrected chi connectivity index (χ3v) is 6.77. The number of esters is 1. The fourth-order valence-corrected chi connectivity index (χ4v) is 4.45. The molecule has 0 amide bonds. The van der Waals surface area contributed by atoms with Crippen molar-refractivity contribution in [1.29, 1.82) is 0 Å². The second-order valence-electron chi connectivity index (χ2n) is 4.29. The van der Waals surface area contributed by atoms with E-state index in [1.54, 1.807) is 0 Å². The van der Waals surface area contributed by atoms with Gasteiger partial charge in [-0.05, 0) is 6.42 Å². The van der Waals surface area contributed by atoms with Crippen LogP contribution in [-0.4, -0.2) is 54.4 Å². The average Bonchev–Trinajstić information content (AvgIpc) is 2.40. The van der Waals surface area contributed by atoms with E-state index in [2.05, 4.69) is 13.8 Å². The maximum absolute atomic E-state index is 11.3. The van der Waals surface area contributed by atoms with Crippen LogP contribution < -0.4 is 0 Å². The summed E-state index contributed by atoms with van der Waals surface area (Å²) in [6.07, 6.45) is 3.95. The molecule has 0 aromatic rings. The molecule has 0 aliphatic rings. The summed E-state index contributed by atoms with van der Waals surface area (Å²) in [5.41, 5.74) is 0. The molecule has 1 atom stereocenters. The van der Waals surface area contributed by atoms with Crippen LogP contribution in [0.5, 0.6) is 0 Å². The molecule has 0 saturated heterocycles. The summed E-state index contributed by atoms with van der Waals surface area (Å²) in [7, 11) is 3.76. The van der Waals surface area contributed by atoms with E-state index in [-0.39, 0.29) is 18.2 Å². The van der Waals surface area contributed by atoms with Crippen molar-refractivity contribution in [1.82, 2.24) is 0 Å². The molecule has 19 heavy (non-hydrogen) atoms. The fraction of sp³-hybridized carbons (Fsp3) is 0.846. The monoisotopic (exact) mass is 501 g/mol. The van der Waals surface area contributed by atoms with Crippen LogP contribution in [-0.2, 0) is 14.3 Å². The van der Waals surface area contributed by atoms with Crippen molar-refractivity contribution in [3.63, 3.8) is 0 Å². The van der Waals surface area contributed by atoms with Crippen LogP contribution in [0.25, 0.3) is 0 Å². The van der Waals surface area contributed by atoms with Gasteiger partial charge in [0.25, 0.3) is 0 Å². The number of hydrogen-bond donors (Lipinski definition) is 0. The maximum atomic E-state index is 11.3. The van der Waals surface area contributed by atoms with E-state index >= 15 is 0 Å². The number of Topliss-reactive ketones (excluding diaryl/α,β-unsaturated/α-hetero) is 1. The van der Waals surface area contributed by atoms with Crippen LogP contribution in [0.3, 0.4) is 0 Å². The molecular weight excluding hydrogens is 477 g/mol. The standard InChI is InChI=1S/C13H23O3S2.Po.H/c1-4-6-12(3)18-17-10-5-9-16-13(15)8-7-11(2)14;;/h12H,2,4-10H2,1,3H3;;. The van der Waals surface area contributed by atoms with Crippen molar-refractivity contribution in [2.75, 3.05) is 12.4 Å². The molecule has 3 nitrogen and oxygen atoms in total.